The van der Waals surface area contributed by atoms with Gasteiger partial charge in [-0.25, -0.2) is 0 Å². The summed E-state index contributed by atoms with van der Waals surface area (Å²) in [5, 5.41) is 0. The van der Waals surface area contributed by atoms with E-state index >= 15 is 0 Å². The Bertz CT molecular complexity index is 793. The fourth-order valence-corrected chi connectivity index (χ4v) is 6.28. The average Bonchev–Trinajstić information content (AvgIpc) is 3.03. The molecular formula is C38H63O4P. The molecular weight excluding hydrogens is 551 g/mol. The molecule has 0 saturated carbocycles. The normalized spacial score (nSPS) is 12.1. The highest BCUT2D eigenvalue weighted by Crippen LogP contribution is 2.41. The Labute approximate surface area is 266 Å². The van der Waals surface area contributed by atoms with Gasteiger partial charge < -0.3 is 13.8 Å². The van der Waals surface area contributed by atoms with Crippen LogP contribution in [0.2, 0.25) is 0 Å². The second-order valence-electron chi connectivity index (χ2n) is 11.9. The van der Waals surface area contributed by atoms with Gasteiger partial charge in [-0.15, -0.1) is 0 Å². The molecule has 0 bridgehead atoms. The third-order valence-corrected chi connectivity index (χ3v) is 9.08. The number of benzene rings is 2. The van der Waals surface area contributed by atoms with Gasteiger partial charge in [-0.2, -0.15) is 0 Å². The predicted octanol–water partition coefficient (Wildman–Crippen LogP) is 13.0. The minimum atomic E-state index is -1.56. The van der Waals surface area contributed by atoms with Gasteiger partial charge in [-0.1, -0.05) is 166 Å². The van der Waals surface area contributed by atoms with Crippen LogP contribution in [0.4, 0.5) is 0 Å². The molecule has 43 heavy (non-hydrogen) atoms. The summed E-state index contributed by atoms with van der Waals surface area (Å²) in [6.45, 7) is 5.99. The fraction of sp³-hybridized carbons (Fsp3) is 0.684. The number of hydrogen-bond acceptors (Lipinski definition) is 4. The minimum Gasteiger partial charge on any atom is -0.418 e. The molecule has 0 N–H and O–H groups in total. The summed E-state index contributed by atoms with van der Waals surface area (Å²) in [6.07, 6.45) is 27.8. The molecule has 2 rings (SSSR count). The fourth-order valence-electron chi connectivity index (χ4n) is 5.30. The summed E-state index contributed by atoms with van der Waals surface area (Å²) in [6, 6.07) is 19.6. The van der Waals surface area contributed by atoms with Gasteiger partial charge in [0.25, 0.3) is 0 Å². The van der Waals surface area contributed by atoms with Crippen LogP contribution in [0, 0.1) is 0 Å². The molecule has 0 heterocycles. The first kappa shape index (κ1) is 37.6. The highest BCUT2D eigenvalue weighted by Gasteiger charge is 2.19. The van der Waals surface area contributed by atoms with E-state index in [-0.39, 0.29) is 6.10 Å². The molecule has 5 heteroatoms. The van der Waals surface area contributed by atoms with Gasteiger partial charge in [0.2, 0.25) is 0 Å². The molecule has 0 aromatic heterocycles. The number of unbranched alkanes of at least 4 members (excludes halogenated alkanes) is 17. The summed E-state index contributed by atoms with van der Waals surface area (Å²) in [5.41, 5.74) is 0. The van der Waals surface area contributed by atoms with Gasteiger partial charge in [-0.05, 0) is 43.5 Å². The summed E-state index contributed by atoms with van der Waals surface area (Å²) < 4.78 is 24.9. The van der Waals surface area contributed by atoms with Crippen molar-refractivity contribution < 1.29 is 18.3 Å². The van der Waals surface area contributed by atoms with E-state index < -0.39 is 8.60 Å². The van der Waals surface area contributed by atoms with Gasteiger partial charge in [0.15, 0.2) is 0 Å². The molecule has 2 aromatic rings. The van der Waals surface area contributed by atoms with E-state index in [4.69, 9.17) is 18.3 Å². The van der Waals surface area contributed by atoms with Crippen LogP contribution < -0.4 is 9.05 Å². The van der Waals surface area contributed by atoms with Crippen LogP contribution in [0.1, 0.15) is 149 Å². The van der Waals surface area contributed by atoms with Crippen LogP contribution in [-0.4, -0.2) is 19.3 Å². The second kappa shape index (κ2) is 27.9. The van der Waals surface area contributed by atoms with Crippen molar-refractivity contribution in [2.75, 3.05) is 13.2 Å². The lowest BCUT2D eigenvalue weighted by atomic mass is 10.0. The van der Waals surface area contributed by atoms with Crippen molar-refractivity contribution in [2.45, 2.75) is 155 Å². The molecule has 0 aliphatic rings. The van der Waals surface area contributed by atoms with E-state index in [9.17, 15) is 0 Å². The van der Waals surface area contributed by atoms with Crippen LogP contribution >= 0.6 is 8.60 Å². The first-order valence-corrected chi connectivity index (χ1v) is 18.9. The average molecular weight is 615 g/mol. The van der Waals surface area contributed by atoms with E-state index in [0.717, 1.165) is 37.4 Å². The van der Waals surface area contributed by atoms with Crippen LogP contribution in [-0.2, 0) is 9.26 Å². The highest BCUT2D eigenvalue weighted by molar-refractivity contribution is 7.42. The largest absolute Gasteiger partial charge is 0.463 e. The summed E-state index contributed by atoms with van der Waals surface area (Å²) in [7, 11) is -1.56. The molecule has 0 fully saturated rings. The zero-order valence-electron chi connectivity index (χ0n) is 27.7. The Kier molecular flexibility index (Phi) is 24.4. The van der Waals surface area contributed by atoms with Crippen molar-refractivity contribution in [2.24, 2.45) is 0 Å². The first-order chi connectivity index (χ1) is 21.3. The summed E-state index contributed by atoms with van der Waals surface area (Å²) in [5.74, 6) is 1.51. The third-order valence-electron chi connectivity index (χ3n) is 7.96. The van der Waals surface area contributed by atoms with Crippen molar-refractivity contribution in [3.05, 3.63) is 60.7 Å². The lowest BCUT2D eigenvalue weighted by molar-refractivity contribution is 0.0281. The van der Waals surface area contributed by atoms with Crippen molar-refractivity contribution in [3.63, 3.8) is 0 Å². The zero-order chi connectivity index (χ0) is 30.5. The topological polar surface area (TPSA) is 36.9 Å². The van der Waals surface area contributed by atoms with Gasteiger partial charge in [0, 0.05) is 6.61 Å². The van der Waals surface area contributed by atoms with E-state index in [1.54, 1.807) is 0 Å². The van der Waals surface area contributed by atoms with Crippen molar-refractivity contribution in [3.8, 4) is 11.5 Å². The maximum absolute atomic E-state index is 6.45. The molecule has 4 nitrogen and oxygen atoms in total. The highest BCUT2D eigenvalue weighted by atomic mass is 31.2. The smallest absolute Gasteiger partial charge is 0.418 e. The van der Waals surface area contributed by atoms with Gasteiger partial charge in [0.05, 0.1) is 12.7 Å². The lowest BCUT2D eigenvalue weighted by Gasteiger charge is -2.21. The number of para-hydroxylation sites is 2. The Morgan fingerprint density at radius 2 is 0.884 bits per heavy atom. The molecule has 244 valence electrons. The Morgan fingerprint density at radius 3 is 1.35 bits per heavy atom. The van der Waals surface area contributed by atoms with E-state index in [0.29, 0.717) is 6.61 Å². The van der Waals surface area contributed by atoms with Crippen LogP contribution in [0.5, 0.6) is 11.5 Å². The van der Waals surface area contributed by atoms with Crippen LogP contribution in [0.25, 0.3) is 0 Å². The monoisotopic (exact) mass is 614 g/mol. The second-order valence-corrected chi connectivity index (χ2v) is 13.0. The Balaban J connectivity index is 1.72. The van der Waals surface area contributed by atoms with Gasteiger partial charge >= 0.3 is 8.60 Å². The number of rotatable bonds is 30. The van der Waals surface area contributed by atoms with Crippen molar-refractivity contribution in [1.82, 2.24) is 0 Å². The molecule has 1 atom stereocenters. The Hall–Kier alpha value is -1.61. The quantitative estimate of drug-likeness (QED) is 0.0648. The lowest BCUT2D eigenvalue weighted by Crippen LogP contribution is -2.17. The molecule has 2 aromatic carbocycles. The summed E-state index contributed by atoms with van der Waals surface area (Å²) in [4.78, 5) is 0. The van der Waals surface area contributed by atoms with Crippen LogP contribution in [0.15, 0.2) is 60.7 Å². The van der Waals surface area contributed by atoms with E-state index in [2.05, 4.69) is 13.8 Å². The van der Waals surface area contributed by atoms with Crippen molar-refractivity contribution in [1.29, 1.82) is 0 Å². The Morgan fingerprint density at radius 1 is 0.465 bits per heavy atom. The third kappa shape index (κ3) is 21.7. The first-order valence-electron chi connectivity index (χ1n) is 17.8. The number of ether oxygens (including phenoxy) is 1. The standard InChI is InChI=1S/C38H63O4P/c1-3-5-7-9-11-13-14-15-17-19-27-34-39-36(28-22-18-16-12-10-8-6-4-2)33-35-40-43(41-37-29-23-20-24-30-37)42-38-31-25-21-26-32-38/h20-21,23-26,29-32,36H,3-19,22,27-28,33-35H2,1-2H3. The molecule has 0 amide bonds. The maximum Gasteiger partial charge on any atom is 0.463 e. The van der Waals surface area contributed by atoms with Gasteiger partial charge in [-0.3, -0.25) is 4.52 Å². The van der Waals surface area contributed by atoms with E-state index in [1.165, 1.54) is 116 Å². The van der Waals surface area contributed by atoms with Crippen molar-refractivity contribution >= 4 is 8.60 Å². The van der Waals surface area contributed by atoms with E-state index in [1.807, 2.05) is 60.7 Å². The maximum atomic E-state index is 6.45. The molecule has 0 spiro atoms. The zero-order valence-corrected chi connectivity index (χ0v) is 28.6. The van der Waals surface area contributed by atoms with Crippen LogP contribution in [0.3, 0.4) is 0 Å². The molecule has 0 radical (unpaired) electrons. The molecule has 1 unspecified atom stereocenters. The molecule has 0 aliphatic carbocycles. The van der Waals surface area contributed by atoms with Gasteiger partial charge in [0.1, 0.15) is 11.5 Å². The molecule has 0 aliphatic heterocycles. The predicted molar refractivity (Wildman–Crippen MR) is 185 cm³/mol. The summed E-state index contributed by atoms with van der Waals surface area (Å²) >= 11 is 0. The molecule has 0 saturated heterocycles. The SMILES string of the molecule is CCCCCCCCCCCCCOC(CCCCCCCCCC)CCOP(Oc1ccccc1)Oc1ccccc1. The minimum absolute atomic E-state index is 0.230. The number of hydrogen-bond donors (Lipinski definition) is 0.